The highest BCUT2D eigenvalue weighted by Gasteiger charge is 2.38. The summed E-state index contributed by atoms with van der Waals surface area (Å²) in [5, 5.41) is 0. The summed E-state index contributed by atoms with van der Waals surface area (Å²) in [7, 11) is 0. The highest BCUT2D eigenvalue weighted by Crippen LogP contribution is 2.50. The lowest BCUT2D eigenvalue weighted by Gasteiger charge is -2.16. The Hall–Kier alpha value is -1.55. The average Bonchev–Trinajstić information content (AvgIpc) is 2.76. The summed E-state index contributed by atoms with van der Waals surface area (Å²) in [6.45, 7) is 0. The predicted octanol–water partition coefficient (Wildman–Crippen LogP) is 5.70. The monoisotopic (exact) mass is 338 g/mol. The molecule has 2 aromatic carbocycles. The molecule has 0 bridgehead atoms. The first-order chi connectivity index (χ1) is 9.48. The van der Waals surface area contributed by atoms with E-state index in [4.69, 9.17) is 0 Å². The molecule has 0 nitrogen and oxygen atoms in total. The van der Waals surface area contributed by atoms with Gasteiger partial charge in [0.15, 0.2) is 0 Å². The van der Waals surface area contributed by atoms with Gasteiger partial charge in [-0.25, -0.2) is 0 Å². The minimum absolute atomic E-state index is 0.304. The number of allylic oxidation sites excluding steroid dienone is 1. The van der Waals surface area contributed by atoms with Gasteiger partial charge in [0.25, 0.3) is 0 Å². The largest absolute Gasteiger partial charge is 0.416 e. The first-order valence-corrected chi connectivity index (χ1v) is 7.01. The number of hydrogen-bond acceptors (Lipinski definition) is 0. The van der Waals surface area contributed by atoms with Crippen molar-refractivity contribution in [3.63, 3.8) is 0 Å². The van der Waals surface area contributed by atoms with Crippen LogP contribution in [0.15, 0.2) is 48.5 Å². The normalized spacial score (nSPS) is 17.8. The van der Waals surface area contributed by atoms with Crippen LogP contribution in [-0.2, 0) is 6.18 Å². The third-order valence-electron chi connectivity index (χ3n) is 3.39. The van der Waals surface area contributed by atoms with Gasteiger partial charge in [0.1, 0.15) is 0 Å². The van der Waals surface area contributed by atoms with Crippen molar-refractivity contribution >= 4 is 27.6 Å². The van der Waals surface area contributed by atoms with Crippen LogP contribution in [0.2, 0.25) is 0 Å². The second-order valence-corrected chi connectivity index (χ2v) is 5.55. The van der Waals surface area contributed by atoms with Gasteiger partial charge in [-0.2, -0.15) is 13.2 Å². The van der Waals surface area contributed by atoms with Crippen LogP contribution in [0.1, 0.15) is 27.1 Å². The molecule has 0 amide bonds. The van der Waals surface area contributed by atoms with Gasteiger partial charge in [-0.3, -0.25) is 0 Å². The van der Waals surface area contributed by atoms with Gasteiger partial charge in [-0.05, 0) is 34.4 Å². The third-order valence-corrected chi connectivity index (χ3v) is 4.34. The first-order valence-electron chi connectivity index (χ1n) is 6.09. The second-order valence-electron chi connectivity index (χ2n) is 4.63. The molecular formula is C16H10BrF3. The van der Waals surface area contributed by atoms with E-state index in [1.165, 1.54) is 6.07 Å². The molecule has 2 aromatic rings. The van der Waals surface area contributed by atoms with Crippen LogP contribution in [0.25, 0.3) is 11.6 Å². The molecule has 1 unspecified atom stereocenters. The molecule has 0 N–H and O–H groups in total. The van der Waals surface area contributed by atoms with Gasteiger partial charge in [-0.15, -0.1) is 0 Å². The Balaban J connectivity index is 2.11. The van der Waals surface area contributed by atoms with Gasteiger partial charge in [0.05, 0.1) is 10.4 Å². The SMILES string of the molecule is FC(F)(F)c1cccc2c1C(Br)C(c1ccccc1)=C2. The standard InChI is InChI=1S/C16H10BrF3/c17-15-12(10-5-2-1-3-6-10)9-11-7-4-8-13(14(11)15)16(18,19)20/h1-9,15H. The van der Waals surface area contributed by atoms with Crippen molar-refractivity contribution in [1.82, 2.24) is 0 Å². The number of alkyl halides is 4. The van der Waals surface area contributed by atoms with Crippen molar-refractivity contribution in [2.24, 2.45) is 0 Å². The molecule has 0 spiro atoms. The van der Waals surface area contributed by atoms with E-state index in [0.29, 0.717) is 11.1 Å². The minimum Gasteiger partial charge on any atom is -0.166 e. The lowest BCUT2D eigenvalue weighted by molar-refractivity contribution is -0.138. The van der Waals surface area contributed by atoms with Gasteiger partial charge in [-0.1, -0.05) is 58.4 Å². The van der Waals surface area contributed by atoms with Crippen molar-refractivity contribution in [2.75, 3.05) is 0 Å². The summed E-state index contributed by atoms with van der Waals surface area (Å²) >= 11 is 3.42. The predicted molar refractivity (Wildman–Crippen MR) is 77.4 cm³/mol. The van der Waals surface area contributed by atoms with E-state index in [2.05, 4.69) is 15.9 Å². The van der Waals surface area contributed by atoms with E-state index in [9.17, 15) is 13.2 Å². The first kappa shape index (κ1) is 13.4. The fraction of sp³-hybridized carbons (Fsp3) is 0.125. The van der Waals surface area contributed by atoms with Crippen molar-refractivity contribution in [2.45, 2.75) is 11.0 Å². The van der Waals surface area contributed by atoms with E-state index >= 15 is 0 Å². The summed E-state index contributed by atoms with van der Waals surface area (Å²) in [5.74, 6) is 0. The van der Waals surface area contributed by atoms with Crippen molar-refractivity contribution in [3.05, 3.63) is 70.8 Å². The molecule has 20 heavy (non-hydrogen) atoms. The summed E-state index contributed by atoms with van der Waals surface area (Å²) in [5.41, 5.74) is 2.15. The van der Waals surface area contributed by atoms with E-state index in [1.807, 2.05) is 36.4 Å². The Morgan fingerprint density at radius 2 is 1.60 bits per heavy atom. The molecule has 0 fully saturated rings. The van der Waals surface area contributed by atoms with Crippen LogP contribution in [0.5, 0.6) is 0 Å². The molecule has 0 aromatic heterocycles. The molecule has 0 heterocycles. The smallest absolute Gasteiger partial charge is 0.166 e. The Morgan fingerprint density at radius 1 is 0.900 bits per heavy atom. The Morgan fingerprint density at radius 3 is 2.25 bits per heavy atom. The number of fused-ring (bicyclic) bond motifs is 1. The quantitative estimate of drug-likeness (QED) is 0.585. The Bertz CT molecular complexity index is 672. The van der Waals surface area contributed by atoms with Crippen LogP contribution in [0, 0.1) is 0 Å². The third kappa shape index (κ3) is 2.18. The second kappa shape index (κ2) is 4.77. The summed E-state index contributed by atoms with van der Waals surface area (Å²) in [4.78, 5) is -0.433. The van der Waals surface area contributed by atoms with Crippen LogP contribution in [0.3, 0.4) is 0 Å². The van der Waals surface area contributed by atoms with Crippen molar-refractivity contribution in [3.8, 4) is 0 Å². The highest BCUT2D eigenvalue weighted by molar-refractivity contribution is 9.09. The highest BCUT2D eigenvalue weighted by atomic mass is 79.9. The van der Waals surface area contributed by atoms with Crippen molar-refractivity contribution in [1.29, 1.82) is 0 Å². The zero-order valence-electron chi connectivity index (χ0n) is 10.3. The van der Waals surface area contributed by atoms with Gasteiger partial charge < -0.3 is 0 Å². The molecule has 1 aliphatic carbocycles. The van der Waals surface area contributed by atoms with Crippen LogP contribution in [0.4, 0.5) is 13.2 Å². The van der Waals surface area contributed by atoms with Gasteiger partial charge in [0.2, 0.25) is 0 Å². The van der Waals surface area contributed by atoms with E-state index in [1.54, 1.807) is 6.07 Å². The van der Waals surface area contributed by atoms with E-state index in [0.717, 1.165) is 17.2 Å². The zero-order chi connectivity index (χ0) is 14.3. The fourth-order valence-corrected chi connectivity index (χ4v) is 3.40. The molecular weight excluding hydrogens is 329 g/mol. The topological polar surface area (TPSA) is 0 Å². The van der Waals surface area contributed by atoms with Crippen LogP contribution < -0.4 is 0 Å². The van der Waals surface area contributed by atoms with Gasteiger partial charge >= 0.3 is 6.18 Å². The Labute approximate surface area is 123 Å². The summed E-state index contributed by atoms with van der Waals surface area (Å²) < 4.78 is 39.3. The fourth-order valence-electron chi connectivity index (χ4n) is 2.50. The molecule has 0 saturated heterocycles. The number of hydrogen-bond donors (Lipinski definition) is 0. The van der Waals surface area contributed by atoms with Crippen LogP contribution in [-0.4, -0.2) is 0 Å². The summed E-state index contributed by atoms with van der Waals surface area (Å²) in [6.07, 6.45) is -2.52. The molecule has 3 rings (SSSR count). The number of benzene rings is 2. The molecule has 1 atom stereocenters. The minimum atomic E-state index is -4.34. The van der Waals surface area contributed by atoms with E-state index < -0.39 is 16.6 Å². The molecule has 4 heteroatoms. The summed E-state index contributed by atoms with van der Waals surface area (Å²) in [6, 6.07) is 13.7. The van der Waals surface area contributed by atoms with Crippen molar-refractivity contribution < 1.29 is 13.2 Å². The molecule has 0 radical (unpaired) electrons. The molecule has 1 aliphatic rings. The Kier molecular flexibility index (Phi) is 3.21. The maximum Gasteiger partial charge on any atom is 0.416 e. The molecule has 0 saturated carbocycles. The van der Waals surface area contributed by atoms with E-state index in [-0.39, 0.29) is 0 Å². The number of halogens is 4. The zero-order valence-corrected chi connectivity index (χ0v) is 11.9. The molecule has 102 valence electrons. The maximum atomic E-state index is 13.1. The molecule has 0 aliphatic heterocycles. The number of rotatable bonds is 1. The average molecular weight is 339 g/mol. The lowest BCUT2D eigenvalue weighted by Crippen LogP contribution is -2.10. The van der Waals surface area contributed by atoms with Crippen LogP contribution >= 0.6 is 15.9 Å². The van der Waals surface area contributed by atoms with Gasteiger partial charge in [0, 0.05) is 0 Å². The lowest BCUT2D eigenvalue weighted by atomic mass is 9.99. The maximum absolute atomic E-state index is 13.1.